The summed E-state index contributed by atoms with van der Waals surface area (Å²) in [7, 11) is -5.70. The lowest BCUT2D eigenvalue weighted by atomic mass is 9.93. The maximum absolute atomic E-state index is 13.8. The fraction of sp³-hybridized carbons (Fsp3) is 0.917. The third-order valence-corrected chi connectivity index (χ3v) is 8.41. The molecule has 0 saturated carbocycles. The minimum absolute atomic E-state index is 1.35. The van der Waals surface area contributed by atoms with Gasteiger partial charge in [-0.1, -0.05) is 0 Å². The van der Waals surface area contributed by atoms with Crippen molar-refractivity contribution >= 4 is 22.1 Å². The molecule has 37 heteroatoms. The molecule has 0 heterocycles. The van der Waals surface area contributed by atoms with Gasteiger partial charge in [0.15, 0.2) is 5.25 Å². The van der Waals surface area contributed by atoms with Gasteiger partial charge >= 0.3 is 93.6 Å². The molecular weight excluding hydrogens is 974 g/mol. The average molecular weight is 994 g/mol. The van der Waals surface area contributed by atoms with Crippen molar-refractivity contribution in [3.8, 4) is 0 Å². The molecule has 0 spiro atoms. The van der Waals surface area contributed by atoms with Crippen LogP contribution in [0.15, 0.2) is 0 Å². The Morgan fingerprint density at radius 3 is 1.02 bits per heavy atom. The normalized spacial score (nSPS) is 15.8. The molecule has 1 atom stereocenters. The number of ether oxygens (including phenoxy) is 4. The molecule has 0 aliphatic rings. The van der Waals surface area contributed by atoms with Gasteiger partial charge in [-0.25, -0.2) is 5.26 Å². The lowest BCUT2D eigenvalue weighted by Gasteiger charge is -2.39. The van der Waals surface area contributed by atoms with E-state index < -0.39 is 158 Å². The van der Waals surface area contributed by atoms with Crippen LogP contribution in [0.3, 0.4) is 0 Å². The first kappa shape index (κ1) is 57.9. The molecule has 1 unspecified atom stereocenters. The molecule has 0 amide bonds. The monoisotopic (exact) mass is 994 g/mol. The lowest BCUT2D eigenvalue weighted by molar-refractivity contribution is -0.440. The van der Waals surface area contributed by atoms with Crippen LogP contribution in [0, 0.1) is 0 Å². The van der Waals surface area contributed by atoms with E-state index in [4.69, 9.17) is 5.26 Å². The summed E-state index contributed by atoms with van der Waals surface area (Å²) in [5, 5.41) is 5.38. The third-order valence-electron chi connectivity index (χ3n) is 7.15. The number of carbonyl (C=O) groups excluding carboxylic acids is 2. The second-order valence-corrected chi connectivity index (χ2v) is 13.1. The van der Waals surface area contributed by atoms with Crippen LogP contribution in [0.1, 0.15) is 19.3 Å². The predicted octanol–water partition coefficient (Wildman–Crippen LogP) is 7.94. The van der Waals surface area contributed by atoms with Gasteiger partial charge in [0, 0.05) is 12.8 Å². The zero-order chi connectivity index (χ0) is 49.1. The van der Waals surface area contributed by atoms with Gasteiger partial charge in [-0.3, -0.25) is 9.59 Å². The van der Waals surface area contributed by atoms with Gasteiger partial charge < -0.3 is 18.9 Å². The second kappa shape index (κ2) is 18.6. The number of carbonyl (C=O) groups is 2. The van der Waals surface area contributed by atoms with E-state index in [-0.39, 0.29) is 0 Å². The molecule has 0 fully saturated rings. The molecule has 0 radical (unpaired) electrons. The largest absolute Gasteiger partial charge is 0.463 e. The first-order valence-corrected chi connectivity index (χ1v) is 16.1. The number of esters is 2. The van der Waals surface area contributed by atoms with Crippen LogP contribution < -0.4 is 0 Å². The number of alkyl halides is 26. The van der Waals surface area contributed by atoms with Gasteiger partial charge in [0.25, 0.3) is 0 Å². The molecular formula is C24H20F26O10S. The molecule has 0 saturated heterocycles. The highest BCUT2D eigenvalue weighted by Crippen LogP contribution is 2.62. The van der Waals surface area contributed by atoms with Crippen LogP contribution in [0.25, 0.3) is 0 Å². The van der Waals surface area contributed by atoms with Crippen LogP contribution in [-0.2, 0) is 43.0 Å². The van der Waals surface area contributed by atoms with Gasteiger partial charge in [0.05, 0.1) is 32.8 Å². The van der Waals surface area contributed by atoms with E-state index in [2.05, 4.69) is 23.3 Å². The maximum Gasteiger partial charge on any atom is 0.460 e. The Kier molecular flexibility index (Phi) is 17.6. The SMILES string of the molecule is O=C(CC(C(=O)OCCOCCC(F)(F)C(F)(F)C(F)(F)C(F)(F)C(F)(F)C(F)(F)F)S(=O)(=O)OO)OCCOCCC(F)(F)C(F)(F)C(F)(F)C(F)(F)C(F)(F)C(F)(F)F. The van der Waals surface area contributed by atoms with E-state index in [1.807, 2.05) is 0 Å². The van der Waals surface area contributed by atoms with Gasteiger partial charge in [-0.2, -0.15) is 123 Å². The fourth-order valence-corrected chi connectivity index (χ4v) is 4.34. The van der Waals surface area contributed by atoms with Gasteiger partial charge in [0.2, 0.25) is 0 Å². The third kappa shape index (κ3) is 11.2. The molecule has 0 aromatic rings. The molecule has 0 aromatic heterocycles. The summed E-state index contributed by atoms with van der Waals surface area (Å²) < 4.78 is 384. The van der Waals surface area contributed by atoms with Crippen LogP contribution in [0.2, 0.25) is 0 Å². The lowest BCUT2D eigenvalue weighted by Crippen LogP contribution is -2.70. The van der Waals surface area contributed by atoms with E-state index >= 15 is 0 Å². The Morgan fingerprint density at radius 2 is 0.721 bits per heavy atom. The van der Waals surface area contributed by atoms with Gasteiger partial charge in [-0.05, 0) is 0 Å². The van der Waals surface area contributed by atoms with Crippen molar-refractivity contribution in [1.29, 1.82) is 0 Å². The number of hydrogen-bond acceptors (Lipinski definition) is 10. The van der Waals surface area contributed by atoms with E-state index in [1.165, 1.54) is 0 Å². The second-order valence-electron chi connectivity index (χ2n) is 11.4. The van der Waals surface area contributed by atoms with E-state index in [1.54, 1.807) is 0 Å². The highest BCUT2D eigenvalue weighted by molar-refractivity contribution is 7.88. The van der Waals surface area contributed by atoms with Crippen LogP contribution >= 0.6 is 0 Å². The smallest absolute Gasteiger partial charge is 0.460 e. The number of hydrogen-bond donors (Lipinski definition) is 1. The molecule has 0 aliphatic heterocycles. The molecule has 10 nitrogen and oxygen atoms in total. The first-order chi connectivity index (χ1) is 26.7. The summed E-state index contributed by atoms with van der Waals surface area (Å²) in [6.45, 7) is -9.63. The van der Waals surface area contributed by atoms with Crippen molar-refractivity contribution in [1.82, 2.24) is 0 Å². The average Bonchev–Trinajstić information content (AvgIpc) is 3.08. The van der Waals surface area contributed by atoms with E-state index in [0.29, 0.717) is 0 Å². The number of halogens is 26. The summed E-state index contributed by atoms with van der Waals surface area (Å²) in [5.74, 6) is -81.3. The molecule has 0 aromatic carbocycles. The molecule has 61 heavy (non-hydrogen) atoms. The first-order valence-electron chi connectivity index (χ1n) is 14.6. The molecule has 364 valence electrons. The topological polar surface area (TPSA) is 135 Å². The van der Waals surface area contributed by atoms with Crippen molar-refractivity contribution < 1.29 is 161 Å². The van der Waals surface area contributed by atoms with Crippen molar-refractivity contribution in [3.63, 3.8) is 0 Å². The highest BCUT2D eigenvalue weighted by atomic mass is 32.2. The van der Waals surface area contributed by atoms with Crippen LogP contribution in [0.4, 0.5) is 114 Å². The van der Waals surface area contributed by atoms with Crippen molar-refractivity contribution in [2.45, 2.75) is 96.1 Å². The van der Waals surface area contributed by atoms with Crippen LogP contribution in [0.5, 0.6) is 0 Å². The summed E-state index contributed by atoms with van der Waals surface area (Å²) in [5.41, 5.74) is 0. The zero-order valence-electron chi connectivity index (χ0n) is 28.3. The predicted molar refractivity (Wildman–Crippen MR) is 135 cm³/mol. The highest BCUT2D eigenvalue weighted by Gasteiger charge is 2.92. The van der Waals surface area contributed by atoms with Crippen molar-refractivity contribution in [3.05, 3.63) is 0 Å². The van der Waals surface area contributed by atoms with Crippen molar-refractivity contribution in [2.75, 3.05) is 39.6 Å². The van der Waals surface area contributed by atoms with Crippen LogP contribution in [-0.4, -0.2) is 142 Å². The molecule has 0 bridgehead atoms. The van der Waals surface area contributed by atoms with E-state index in [0.717, 1.165) is 0 Å². The minimum Gasteiger partial charge on any atom is -0.463 e. The molecule has 0 rings (SSSR count). The summed E-state index contributed by atoms with van der Waals surface area (Å²) in [4.78, 5) is 23.9. The summed E-state index contributed by atoms with van der Waals surface area (Å²) in [6, 6.07) is 0. The fourth-order valence-electron chi connectivity index (χ4n) is 3.60. The van der Waals surface area contributed by atoms with Gasteiger partial charge in [0.1, 0.15) is 13.2 Å². The van der Waals surface area contributed by atoms with Gasteiger partial charge in [-0.15, -0.1) is 4.33 Å². The van der Waals surface area contributed by atoms with Crippen molar-refractivity contribution in [2.24, 2.45) is 0 Å². The van der Waals surface area contributed by atoms with E-state index in [9.17, 15) is 132 Å². The summed E-state index contributed by atoms with van der Waals surface area (Å²) in [6.07, 6.45) is -22.9. The standard InChI is InChI=1S/C24H20F26O10S/c25-13(26,15(29,30)17(33,34)19(37,38)21(41,42)23(45,46)47)1-3-56-5-7-58-11(51)9-10(61(54,55)60-53)12(52)59-8-6-57-4-2-14(27,28)16(31,32)18(35,36)20(39,40)22(43,44)24(48,49)50/h10,53H,1-9H2. The number of rotatable bonds is 25. The Balaban J connectivity index is 5.31. The Hall–Kier alpha value is -3.09. The molecule has 1 N–H and O–H groups in total. The summed E-state index contributed by atoms with van der Waals surface area (Å²) >= 11 is 0. The zero-order valence-corrected chi connectivity index (χ0v) is 29.1. The Morgan fingerprint density at radius 1 is 0.426 bits per heavy atom. The Bertz CT molecular complexity index is 1590. The Labute approximate surface area is 319 Å². The maximum atomic E-state index is 13.8. The molecule has 0 aliphatic carbocycles. The minimum atomic E-state index is -8.20. The quantitative estimate of drug-likeness (QED) is 0.0316.